The molecule has 1 saturated heterocycles. The van der Waals surface area contributed by atoms with E-state index in [9.17, 15) is 0 Å². The predicted octanol–water partition coefficient (Wildman–Crippen LogP) is 2.57. The highest BCUT2D eigenvalue weighted by atomic mass is 15.4. The van der Waals surface area contributed by atoms with Gasteiger partial charge in [0.25, 0.3) is 0 Å². The van der Waals surface area contributed by atoms with Crippen LogP contribution in [0.4, 0.5) is 5.69 Å². The third-order valence-electron chi connectivity index (χ3n) is 5.33. The van der Waals surface area contributed by atoms with Gasteiger partial charge in [0.1, 0.15) is 17.5 Å². The number of nitrogens with zero attached hydrogens (tertiary/aromatic N) is 5. The Kier molecular flexibility index (Phi) is 3.60. The summed E-state index contributed by atoms with van der Waals surface area (Å²) in [5, 5.41) is 9.87. The van der Waals surface area contributed by atoms with E-state index in [0.717, 1.165) is 60.4 Å². The van der Waals surface area contributed by atoms with E-state index in [1.54, 1.807) is 10.8 Å². The first kappa shape index (κ1) is 15.3. The summed E-state index contributed by atoms with van der Waals surface area (Å²) in [5.41, 5.74) is 11.1. The Hall–Kier alpha value is -2.93. The smallest absolute Gasteiger partial charge is 0.141 e. The van der Waals surface area contributed by atoms with Gasteiger partial charge in [-0.2, -0.15) is 0 Å². The summed E-state index contributed by atoms with van der Waals surface area (Å²) in [6.07, 6.45) is 5.83. The van der Waals surface area contributed by atoms with Crippen molar-refractivity contribution in [3.05, 3.63) is 54.1 Å². The maximum Gasteiger partial charge on any atom is 0.141 e. The monoisotopic (exact) mass is 347 g/mol. The van der Waals surface area contributed by atoms with Gasteiger partial charge >= 0.3 is 0 Å². The Morgan fingerprint density at radius 2 is 2.08 bits per heavy atom. The van der Waals surface area contributed by atoms with Crippen LogP contribution in [0.25, 0.3) is 16.6 Å². The fraction of sp³-hybridized carbons (Fsp3) is 0.316. The van der Waals surface area contributed by atoms with Crippen LogP contribution in [0.5, 0.6) is 0 Å². The molecule has 26 heavy (non-hydrogen) atoms. The van der Waals surface area contributed by atoms with E-state index < -0.39 is 0 Å². The topological polar surface area (TPSA) is 88.1 Å². The molecule has 1 fully saturated rings. The Labute approximate surface area is 150 Å². The Morgan fingerprint density at radius 1 is 1.19 bits per heavy atom. The Bertz CT molecular complexity index is 1060. The molecule has 0 spiro atoms. The molecule has 0 radical (unpaired) electrons. The Morgan fingerprint density at radius 3 is 2.92 bits per heavy atom. The van der Waals surface area contributed by atoms with Crippen LogP contribution >= 0.6 is 0 Å². The molecular weight excluding hydrogens is 326 g/mol. The fourth-order valence-electron chi connectivity index (χ4n) is 4.01. The van der Waals surface area contributed by atoms with Crippen LogP contribution < -0.4 is 5.73 Å². The van der Waals surface area contributed by atoms with Crippen molar-refractivity contribution < 1.29 is 0 Å². The zero-order valence-corrected chi connectivity index (χ0v) is 14.5. The number of hydrogen-bond acceptors (Lipinski definition) is 5. The number of aromatic nitrogens is 5. The van der Waals surface area contributed by atoms with Crippen LogP contribution in [0, 0.1) is 0 Å². The second-order valence-electron chi connectivity index (χ2n) is 7.05. The summed E-state index contributed by atoms with van der Waals surface area (Å²) in [6.45, 7) is 3.06. The van der Waals surface area contributed by atoms with Crippen molar-refractivity contribution in [2.45, 2.75) is 25.3 Å². The van der Waals surface area contributed by atoms with Crippen molar-refractivity contribution in [3.63, 3.8) is 0 Å². The van der Waals surface area contributed by atoms with Gasteiger partial charge in [0.05, 0.1) is 5.69 Å². The summed E-state index contributed by atoms with van der Waals surface area (Å²) in [4.78, 5) is 10.0. The van der Waals surface area contributed by atoms with Gasteiger partial charge < -0.3 is 10.7 Å². The van der Waals surface area contributed by atoms with Crippen molar-refractivity contribution in [1.82, 2.24) is 29.7 Å². The zero-order chi connectivity index (χ0) is 17.5. The van der Waals surface area contributed by atoms with Gasteiger partial charge in [-0.15, -0.1) is 5.10 Å². The quantitative estimate of drug-likeness (QED) is 0.556. The van der Waals surface area contributed by atoms with E-state index in [-0.39, 0.29) is 0 Å². The molecule has 1 aliphatic heterocycles. The molecule has 5 rings (SSSR count). The number of anilines is 1. The van der Waals surface area contributed by atoms with Crippen LogP contribution in [0.2, 0.25) is 0 Å². The number of rotatable bonds is 3. The van der Waals surface area contributed by atoms with Crippen molar-refractivity contribution >= 4 is 22.2 Å². The van der Waals surface area contributed by atoms with E-state index >= 15 is 0 Å². The fourth-order valence-corrected chi connectivity index (χ4v) is 4.01. The lowest BCUT2D eigenvalue weighted by atomic mass is 9.92. The largest absolute Gasteiger partial charge is 0.399 e. The molecule has 7 heteroatoms. The van der Waals surface area contributed by atoms with Gasteiger partial charge in [-0.25, -0.2) is 9.50 Å². The number of H-pyrrole nitrogens is 1. The molecule has 132 valence electrons. The van der Waals surface area contributed by atoms with Gasteiger partial charge in [-0.05, 0) is 49.7 Å². The number of likely N-dealkylation sites (tertiary alicyclic amines) is 1. The van der Waals surface area contributed by atoms with Gasteiger partial charge in [0.2, 0.25) is 0 Å². The van der Waals surface area contributed by atoms with Gasteiger partial charge in [0, 0.05) is 29.7 Å². The lowest BCUT2D eigenvalue weighted by Crippen LogP contribution is -2.32. The number of aromatic amines is 1. The number of piperidine rings is 1. The summed E-state index contributed by atoms with van der Waals surface area (Å²) in [6, 6.07) is 10.2. The lowest BCUT2D eigenvalue weighted by molar-refractivity contribution is 0.203. The van der Waals surface area contributed by atoms with E-state index in [1.807, 2.05) is 18.3 Å². The lowest BCUT2D eigenvalue weighted by Gasteiger charge is -2.31. The summed E-state index contributed by atoms with van der Waals surface area (Å²) in [5.74, 6) is 0.435. The molecule has 0 bridgehead atoms. The van der Waals surface area contributed by atoms with E-state index in [0.29, 0.717) is 5.92 Å². The molecule has 0 amide bonds. The van der Waals surface area contributed by atoms with Crippen molar-refractivity contribution in [2.75, 3.05) is 18.8 Å². The minimum Gasteiger partial charge on any atom is -0.399 e. The van der Waals surface area contributed by atoms with Crippen molar-refractivity contribution in [1.29, 1.82) is 0 Å². The van der Waals surface area contributed by atoms with Crippen LogP contribution in [0.1, 0.15) is 30.0 Å². The summed E-state index contributed by atoms with van der Waals surface area (Å²) >= 11 is 0. The molecule has 3 aromatic heterocycles. The number of benzene rings is 1. The SMILES string of the molecule is Nc1cccc(CN2CCC(c3nnn4cnc5[nH]ccc5c34)CC2)c1. The van der Waals surface area contributed by atoms with E-state index in [4.69, 9.17) is 5.73 Å². The number of nitrogen functional groups attached to an aromatic ring is 1. The maximum atomic E-state index is 5.90. The molecule has 1 aliphatic rings. The molecule has 0 saturated carbocycles. The molecular formula is C19H21N7. The highest BCUT2D eigenvalue weighted by Crippen LogP contribution is 2.32. The van der Waals surface area contributed by atoms with Gasteiger partial charge in [-0.1, -0.05) is 17.3 Å². The highest BCUT2D eigenvalue weighted by Gasteiger charge is 2.25. The third-order valence-corrected chi connectivity index (χ3v) is 5.33. The Balaban J connectivity index is 1.35. The van der Waals surface area contributed by atoms with Crippen LogP contribution in [-0.2, 0) is 6.54 Å². The van der Waals surface area contributed by atoms with Crippen molar-refractivity contribution in [2.24, 2.45) is 0 Å². The standard InChI is InChI=1S/C19H21N7/c20-15-3-1-2-13(10-15)11-25-8-5-14(6-9-25)17-18-16-4-7-21-19(16)22-12-26(18)24-23-17/h1-4,7,10,12,14,21H,5-6,8-9,11,20H2. The first-order valence-electron chi connectivity index (χ1n) is 9.02. The van der Waals surface area contributed by atoms with Gasteiger partial charge in [0.15, 0.2) is 0 Å². The van der Waals surface area contributed by atoms with E-state index in [2.05, 4.69) is 43.4 Å². The molecule has 0 aliphatic carbocycles. The minimum atomic E-state index is 0.435. The highest BCUT2D eigenvalue weighted by molar-refractivity contribution is 5.92. The van der Waals surface area contributed by atoms with Crippen LogP contribution in [0.15, 0.2) is 42.9 Å². The number of nitrogens with two attached hydrogens (primary N) is 1. The molecule has 4 heterocycles. The van der Waals surface area contributed by atoms with Crippen molar-refractivity contribution in [3.8, 4) is 0 Å². The number of fused-ring (bicyclic) bond motifs is 3. The predicted molar refractivity (Wildman–Crippen MR) is 101 cm³/mol. The minimum absolute atomic E-state index is 0.435. The number of nitrogens with one attached hydrogen (secondary N) is 1. The first-order chi connectivity index (χ1) is 12.8. The first-order valence-corrected chi connectivity index (χ1v) is 9.02. The molecule has 0 atom stereocenters. The molecule has 1 aromatic carbocycles. The second kappa shape index (κ2) is 6.10. The summed E-state index contributed by atoms with van der Waals surface area (Å²) < 4.78 is 1.80. The van der Waals surface area contributed by atoms with Crippen LogP contribution in [0.3, 0.4) is 0 Å². The molecule has 7 nitrogen and oxygen atoms in total. The molecule has 4 aromatic rings. The molecule has 3 N–H and O–H groups in total. The zero-order valence-electron chi connectivity index (χ0n) is 14.5. The average Bonchev–Trinajstić information content (AvgIpc) is 3.28. The molecule has 0 unspecified atom stereocenters. The van der Waals surface area contributed by atoms with Crippen LogP contribution in [-0.4, -0.2) is 42.8 Å². The second-order valence-corrected chi connectivity index (χ2v) is 7.05. The maximum absolute atomic E-state index is 5.90. The number of hydrogen-bond donors (Lipinski definition) is 2. The normalized spacial score (nSPS) is 16.6. The summed E-state index contributed by atoms with van der Waals surface area (Å²) in [7, 11) is 0. The average molecular weight is 347 g/mol. The van der Waals surface area contributed by atoms with E-state index in [1.165, 1.54) is 5.56 Å². The third kappa shape index (κ3) is 2.61. The van der Waals surface area contributed by atoms with Gasteiger partial charge in [-0.3, -0.25) is 4.90 Å².